The first-order chi connectivity index (χ1) is 9.47. The zero-order valence-electron chi connectivity index (χ0n) is 10.00. The van der Waals surface area contributed by atoms with Crippen molar-refractivity contribution in [1.82, 2.24) is 4.98 Å². The maximum absolute atomic E-state index is 13.8. The van der Waals surface area contributed by atoms with Crippen LogP contribution in [0.2, 0.25) is 10.3 Å². The standard InChI is InChI=1S/C11H9BrCl2FN3OS/c12-6-5(9(13)18-10(14)7(6)15)8(19)4-1-2-20-11(4)17-3-16/h4H,1-3,16H2. The fourth-order valence-corrected chi connectivity index (χ4v) is 4.31. The first-order valence-electron chi connectivity index (χ1n) is 5.58. The SMILES string of the molecule is NCN=C1SCCC1C(=O)c1c(Cl)nc(Cl)c(F)c1Br. The van der Waals surface area contributed by atoms with Crippen LogP contribution in [0.4, 0.5) is 4.39 Å². The Morgan fingerprint density at radius 3 is 2.90 bits per heavy atom. The lowest BCUT2D eigenvalue weighted by Gasteiger charge is -2.12. The quantitative estimate of drug-likeness (QED) is 0.622. The molecule has 2 N–H and O–H groups in total. The highest BCUT2D eigenvalue weighted by Crippen LogP contribution is 2.36. The minimum Gasteiger partial charge on any atom is -0.312 e. The molecule has 1 aromatic rings. The van der Waals surface area contributed by atoms with E-state index < -0.39 is 11.7 Å². The summed E-state index contributed by atoms with van der Waals surface area (Å²) >= 11 is 16.0. The summed E-state index contributed by atoms with van der Waals surface area (Å²) in [6, 6.07) is 0. The molecule has 1 fully saturated rings. The number of rotatable bonds is 3. The van der Waals surface area contributed by atoms with Crippen LogP contribution in [-0.2, 0) is 0 Å². The third kappa shape index (κ3) is 3.01. The molecule has 0 aromatic carbocycles. The third-order valence-electron chi connectivity index (χ3n) is 2.76. The number of carbonyl (C=O) groups is 1. The molecule has 4 nitrogen and oxygen atoms in total. The van der Waals surface area contributed by atoms with Crippen molar-refractivity contribution in [3.63, 3.8) is 0 Å². The van der Waals surface area contributed by atoms with Crippen LogP contribution in [0, 0.1) is 11.7 Å². The predicted molar refractivity (Wildman–Crippen MR) is 83.3 cm³/mol. The van der Waals surface area contributed by atoms with Crippen LogP contribution in [0.15, 0.2) is 9.47 Å². The van der Waals surface area contributed by atoms with Crippen molar-refractivity contribution in [3.8, 4) is 0 Å². The van der Waals surface area contributed by atoms with Gasteiger partial charge in [-0.15, -0.1) is 11.8 Å². The van der Waals surface area contributed by atoms with Crippen molar-refractivity contribution in [2.75, 3.05) is 12.4 Å². The van der Waals surface area contributed by atoms with Crippen LogP contribution < -0.4 is 5.73 Å². The van der Waals surface area contributed by atoms with Crippen LogP contribution in [-0.4, -0.2) is 28.2 Å². The summed E-state index contributed by atoms with van der Waals surface area (Å²) in [5.74, 6) is -0.835. The highest BCUT2D eigenvalue weighted by atomic mass is 79.9. The number of aromatic nitrogens is 1. The van der Waals surface area contributed by atoms with Crippen molar-refractivity contribution in [2.24, 2.45) is 16.6 Å². The van der Waals surface area contributed by atoms with Crippen LogP contribution in [0.1, 0.15) is 16.8 Å². The van der Waals surface area contributed by atoms with E-state index in [0.717, 1.165) is 5.75 Å². The number of nitrogens with two attached hydrogens (primary N) is 1. The first-order valence-corrected chi connectivity index (χ1v) is 8.12. The van der Waals surface area contributed by atoms with Gasteiger partial charge in [0.25, 0.3) is 0 Å². The number of aliphatic imine (C=N–C) groups is 1. The smallest absolute Gasteiger partial charge is 0.176 e. The fourth-order valence-electron chi connectivity index (χ4n) is 1.86. The predicted octanol–water partition coefficient (Wildman–Crippen LogP) is 3.54. The second-order valence-electron chi connectivity index (χ2n) is 3.93. The molecule has 0 saturated carbocycles. The van der Waals surface area contributed by atoms with Gasteiger partial charge in [0, 0.05) is 5.75 Å². The van der Waals surface area contributed by atoms with Gasteiger partial charge in [-0.05, 0) is 22.4 Å². The van der Waals surface area contributed by atoms with Crippen molar-refractivity contribution in [3.05, 3.63) is 26.2 Å². The van der Waals surface area contributed by atoms with E-state index >= 15 is 0 Å². The Morgan fingerprint density at radius 2 is 2.25 bits per heavy atom. The zero-order valence-corrected chi connectivity index (χ0v) is 13.9. The highest BCUT2D eigenvalue weighted by Gasteiger charge is 2.34. The van der Waals surface area contributed by atoms with E-state index in [1.165, 1.54) is 11.8 Å². The summed E-state index contributed by atoms with van der Waals surface area (Å²) < 4.78 is 13.7. The Hall–Kier alpha value is -0.210. The molecule has 0 bridgehead atoms. The van der Waals surface area contributed by atoms with Crippen molar-refractivity contribution >= 4 is 61.7 Å². The number of carbonyl (C=O) groups excluding carboxylic acids is 1. The summed E-state index contributed by atoms with van der Waals surface area (Å²) in [5, 5.41) is 0.142. The van der Waals surface area contributed by atoms with Crippen LogP contribution in [0.5, 0.6) is 0 Å². The minimum atomic E-state index is -0.803. The second-order valence-corrected chi connectivity index (χ2v) is 6.55. The fraction of sp³-hybridized carbons (Fsp3) is 0.364. The lowest BCUT2D eigenvalue weighted by molar-refractivity contribution is 0.0954. The summed E-state index contributed by atoms with van der Waals surface area (Å²) in [7, 11) is 0. The molecule has 2 rings (SSSR count). The highest BCUT2D eigenvalue weighted by molar-refractivity contribution is 9.10. The number of ketones is 1. The minimum absolute atomic E-state index is 0.00853. The van der Waals surface area contributed by atoms with Gasteiger partial charge in [0.05, 0.1) is 27.7 Å². The number of hydrogen-bond donors (Lipinski definition) is 1. The summed E-state index contributed by atoms with van der Waals surface area (Å²) in [6.45, 7) is 0.105. The molecule has 1 aliphatic rings. The Balaban J connectivity index is 2.44. The van der Waals surface area contributed by atoms with Gasteiger partial charge in [-0.1, -0.05) is 23.2 Å². The van der Waals surface area contributed by atoms with Gasteiger partial charge in [-0.25, -0.2) is 9.37 Å². The Labute approximate surface area is 137 Å². The van der Waals surface area contributed by atoms with Crippen LogP contribution in [0.3, 0.4) is 0 Å². The largest absolute Gasteiger partial charge is 0.312 e. The van der Waals surface area contributed by atoms with Gasteiger partial charge < -0.3 is 5.73 Å². The van der Waals surface area contributed by atoms with Gasteiger partial charge >= 0.3 is 0 Å². The molecule has 0 radical (unpaired) electrons. The lowest BCUT2D eigenvalue weighted by atomic mass is 9.97. The number of Topliss-reactive ketones (excluding diaryl/α,β-unsaturated/α-hetero) is 1. The van der Waals surface area contributed by atoms with E-state index in [-0.39, 0.29) is 32.8 Å². The molecule has 0 spiro atoms. The summed E-state index contributed by atoms with van der Waals surface area (Å²) in [6.07, 6.45) is 0.606. The number of thioether (sulfide) groups is 1. The Morgan fingerprint density at radius 1 is 1.55 bits per heavy atom. The molecule has 20 heavy (non-hydrogen) atoms. The van der Waals surface area contributed by atoms with E-state index in [0.29, 0.717) is 11.5 Å². The maximum atomic E-state index is 13.8. The molecular formula is C11H9BrCl2FN3OS. The number of pyridine rings is 1. The monoisotopic (exact) mass is 399 g/mol. The van der Waals surface area contributed by atoms with E-state index in [2.05, 4.69) is 25.9 Å². The zero-order chi connectivity index (χ0) is 14.9. The number of nitrogens with zero attached hydrogens (tertiary/aromatic N) is 2. The summed E-state index contributed by atoms with van der Waals surface area (Å²) in [4.78, 5) is 20.3. The van der Waals surface area contributed by atoms with Gasteiger partial charge in [-0.2, -0.15) is 0 Å². The van der Waals surface area contributed by atoms with Crippen LogP contribution in [0.25, 0.3) is 0 Å². The first kappa shape index (κ1) is 16.2. The molecule has 1 atom stereocenters. The van der Waals surface area contributed by atoms with E-state index in [1.807, 2.05) is 0 Å². The van der Waals surface area contributed by atoms with Crippen molar-refractivity contribution in [2.45, 2.75) is 6.42 Å². The topological polar surface area (TPSA) is 68.3 Å². The lowest BCUT2D eigenvalue weighted by Crippen LogP contribution is -2.21. The van der Waals surface area contributed by atoms with Crippen LogP contribution >= 0.6 is 50.9 Å². The average Bonchev–Trinajstić information content (AvgIpc) is 2.84. The summed E-state index contributed by atoms with van der Waals surface area (Å²) in [5.41, 5.74) is 5.37. The molecule has 1 saturated heterocycles. The Kier molecular flexibility index (Phi) is 5.42. The van der Waals surface area contributed by atoms with Crippen molar-refractivity contribution in [1.29, 1.82) is 0 Å². The molecule has 0 amide bonds. The second kappa shape index (κ2) is 6.70. The molecule has 9 heteroatoms. The van der Waals surface area contributed by atoms with Gasteiger partial charge in [0.2, 0.25) is 0 Å². The van der Waals surface area contributed by atoms with E-state index in [4.69, 9.17) is 28.9 Å². The molecule has 108 valence electrons. The molecule has 2 heterocycles. The van der Waals surface area contributed by atoms with Gasteiger partial charge in [0.1, 0.15) is 5.15 Å². The normalized spacial score (nSPS) is 20.6. The van der Waals surface area contributed by atoms with Gasteiger partial charge in [-0.3, -0.25) is 9.79 Å². The van der Waals surface area contributed by atoms with E-state index in [9.17, 15) is 9.18 Å². The molecule has 1 unspecified atom stereocenters. The molecule has 1 aromatic heterocycles. The molecule has 1 aliphatic heterocycles. The van der Waals surface area contributed by atoms with Gasteiger partial charge in [0.15, 0.2) is 16.8 Å². The maximum Gasteiger partial charge on any atom is 0.176 e. The third-order valence-corrected chi connectivity index (χ3v) is 5.18. The Bertz CT molecular complexity index is 600. The number of halogens is 4. The average molecular weight is 401 g/mol. The van der Waals surface area contributed by atoms with Crippen molar-refractivity contribution < 1.29 is 9.18 Å². The number of hydrogen-bond acceptors (Lipinski definition) is 5. The molecular weight excluding hydrogens is 392 g/mol. The van der Waals surface area contributed by atoms with E-state index in [1.54, 1.807) is 0 Å². The molecule has 0 aliphatic carbocycles.